The van der Waals surface area contributed by atoms with Crippen molar-refractivity contribution in [1.29, 1.82) is 0 Å². The van der Waals surface area contributed by atoms with Crippen LogP contribution in [0.5, 0.6) is 11.5 Å². The molecule has 0 unspecified atom stereocenters. The minimum absolute atomic E-state index is 0.0302. The van der Waals surface area contributed by atoms with Crippen molar-refractivity contribution in [2.24, 2.45) is 0 Å². The molecule has 1 aliphatic carbocycles. The molecule has 3 heteroatoms. The largest absolute Gasteiger partial charge is 0.508 e. The highest BCUT2D eigenvalue weighted by molar-refractivity contribution is 5.82. The van der Waals surface area contributed by atoms with Crippen molar-refractivity contribution in [3.63, 3.8) is 0 Å². The Balaban J connectivity index is 1.97. The summed E-state index contributed by atoms with van der Waals surface area (Å²) in [7, 11) is 0. The van der Waals surface area contributed by atoms with Crippen LogP contribution in [0.25, 0.3) is 5.57 Å². The molecule has 0 radical (unpaired) electrons. The first-order valence-corrected chi connectivity index (χ1v) is 10.4. The Bertz CT molecular complexity index is 776. The van der Waals surface area contributed by atoms with Gasteiger partial charge in [0.15, 0.2) is 0 Å². The summed E-state index contributed by atoms with van der Waals surface area (Å²) in [5.41, 5.74) is 4.53. The Morgan fingerprint density at radius 3 is 1.86 bits per heavy atom. The number of hydrogen-bond donors (Lipinski definition) is 2. The van der Waals surface area contributed by atoms with E-state index in [1.165, 1.54) is 48.8 Å². The van der Waals surface area contributed by atoms with Crippen LogP contribution in [-0.2, 0) is 0 Å². The molecule has 2 aromatic carbocycles. The first-order chi connectivity index (χ1) is 13.5. The molecule has 28 heavy (non-hydrogen) atoms. The Hall–Kier alpha value is -2.26. The van der Waals surface area contributed by atoms with Crippen molar-refractivity contribution < 1.29 is 14.9 Å². The fourth-order valence-electron chi connectivity index (χ4n) is 3.83. The SMILES string of the molecule is CC(C)(CO)Oc1ccc(C(=C2CCCCCCC2)c2ccc(O)cc2)cc1. The lowest BCUT2D eigenvalue weighted by atomic mass is 9.86. The van der Waals surface area contributed by atoms with Crippen LogP contribution in [0.2, 0.25) is 0 Å². The minimum atomic E-state index is -0.598. The van der Waals surface area contributed by atoms with E-state index in [0.29, 0.717) is 5.75 Å². The molecule has 2 aromatic rings. The second-order valence-corrected chi connectivity index (χ2v) is 8.34. The molecule has 3 nitrogen and oxygen atoms in total. The van der Waals surface area contributed by atoms with Gasteiger partial charge in [-0.15, -0.1) is 0 Å². The van der Waals surface area contributed by atoms with Crippen LogP contribution in [0.1, 0.15) is 69.9 Å². The Morgan fingerprint density at radius 2 is 1.32 bits per heavy atom. The standard InChI is InChI=1S/C25H32O3/c1-25(2,18-26)28-23-16-12-21(13-17-23)24(20-10-14-22(27)15-11-20)19-8-6-4-3-5-7-9-19/h10-17,26-27H,3-9,18H2,1-2H3. The van der Waals surface area contributed by atoms with Gasteiger partial charge in [0.1, 0.15) is 17.1 Å². The molecule has 0 amide bonds. The van der Waals surface area contributed by atoms with Crippen LogP contribution in [0.15, 0.2) is 54.1 Å². The normalized spacial score (nSPS) is 15.6. The van der Waals surface area contributed by atoms with Crippen molar-refractivity contribution in [2.45, 2.75) is 64.4 Å². The van der Waals surface area contributed by atoms with Crippen LogP contribution in [0.4, 0.5) is 0 Å². The number of allylic oxidation sites excluding steroid dienone is 1. The average molecular weight is 381 g/mol. The van der Waals surface area contributed by atoms with Gasteiger partial charge in [0.2, 0.25) is 0 Å². The Morgan fingerprint density at radius 1 is 0.821 bits per heavy atom. The minimum Gasteiger partial charge on any atom is -0.508 e. The van der Waals surface area contributed by atoms with Gasteiger partial charge in [-0.1, -0.05) is 49.1 Å². The summed E-state index contributed by atoms with van der Waals surface area (Å²) in [6.07, 6.45) is 8.68. The van der Waals surface area contributed by atoms with Gasteiger partial charge in [0, 0.05) is 0 Å². The van der Waals surface area contributed by atoms with Gasteiger partial charge >= 0.3 is 0 Å². The summed E-state index contributed by atoms with van der Waals surface area (Å²) >= 11 is 0. The molecule has 0 bridgehead atoms. The molecule has 0 aromatic heterocycles. The van der Waals surface area contributed by atoms with Gasteiger partial charge in [-0.05, 0) is 80.5 Å². The van der Waals surface area contributed by atoms with Gasteiger partial charge in [0.25, 0.3) is 0 Å². The third-order valence-electron chi connectivity index (χ3n) is 5.38. The number of phenolic OH excluding ortho intramolecular Hbond substituents is 1. The van der Waals surface area contributed by atoms with Gasteiger partial charge in [-0.2, -0.15) is 0 Å². The van der Waals surface area contributed by atoms with Gasteiger partial charge in [0.05, 0.1) is 6.61 Å². The second kappa shape index (κ2) is 9.29. The molecular weight excluding hydrogens is 348 g/mol. The van der Waals surface area contributed by atoms with Crippen molar-refractivity contribution in [3.05, 3.63) is 65.2 Å². The molecular formula is C25H32O3. The Kier molecular flexibility index (Phi) is 6.79. The Labute approximate surface area is 168 Å². The van der Waals surface area contributed by atoms with Crippen LogP contribution >= 0.6 is 0 Å². The van der Waals surface area contributed by atoms with E-state index in [-0.39, 0.29) is 6.61 Å². The summed E-state index contributed by atoms with van der Waals surface area (Å²) in [6.45, 7) is 3.72. The third kappa shape index (κ3) is 5.39. The number of rotatable bonds is 5. The van der Waals surface area contributed by atoms with E-state index in [1.54, 1.807) is 12.1 Å². The summed E-state index contributed by atoms with van der Waals surface area (Å²) in [4.78, 5) is 0. The topological polar surface area (TPSA) is 49.7 Å². The van der Waals surface area contributed by atoms with Gasteiger partial charge in [-0.25, -0.2) is 0 Å². The summed E-state index contributed by atoms with van der Waals surface area (Å²) in [5, 5.41) is 19.2. The van der Waals surface area contributed by atoms with Crippen LogP contribution in [-0.4, -0.2) is 22.4 Å². The molecule has 0 aliphatic heterocycles. The summed E-state index contributed by atoms with van der Waals surface area (Å²) in [5.74, 6) is 1.05. The third-order valence-corrected chi connectivity index (χ3v) is 5.38. The lowest BCUT2D eigenvalue weighted by Gasteiger charge is -2.24. The molecule has 0 atom stereocenters. The highest BCUT2D eigenvalue weighted by Crippen LogP contribution is 2.35. The van der Waals surface area contributed by atoms with Crippen molar-refractivity contribution >= 4 is 5.57 Å². The lowest BCUT2D eigenvalue weighted by Crippen LogP contribution is -2.32. The predicted octanol–water partition coefficient (Wildman–Crippen LogP) is 6.09. The van der Waals surface area contributed by atoms with Gasteiger partial charge in [-0.3, -0.25) is 0 Å². The fourth-order valence-corrected chi connectivity index (χ4v) is 3.83. The molecule has 3 rings (SSSR count). The zero-order valence-electron chi connectivity index (χ0n) is 17.1. The average Bonchev–Trinajstić information content (AvgIpc) is 2.66. The number of ether oxygens (including phenoxy) is 1. The maximum Gasteiger partial charge on any atom is 0.126 e. The lowest BCUT2D eigenvalue weighted by molar-refractivity contribution is 0.0412. The second-order valence-electron chi connectivity index (χ2n) is 8.34. The monoisotopic (exact) mass is 380 g/mol. The number of hydrogen-bond acceptors (Lipinski definition) is 3. The van der Waals surface area contributed by atoms with E-state index in [0.717, 1.165) is 24.2 Å². The van der Waals surface area contributed by atoms with Crippen molar-refractivity contribution in [1.82, 2.24) is 0 Å². The number of phenols is 1. The van der Waals surface area contributed by atoms with Crippen LogP contribution < -0.4 is 4.74 Å². The molecule has 1 aliphatic rings. The summed E-state index contributed by atoms with van der Waals surface area (Å²) in [6, 6.07) is 15.7. The smallest absolute Gasteiger partial charge is 0.126 e. The maximum atomic E-state index is 9.72. The van der Waals surface area contributed by atoms with E-state index < -0.39 is 5.60 Å². The van der Waals surface area contributed by atoms with Gasteiger partial charge < -0.3 is 14.9 Å². The molecule has 1 fully saturated rings. The molecule has 0 saturated heterocycles. The van der Waals surface area contributed by atoms with Crippen molar-refractivity contribution in [2.75, 3.05) is 6.61 Å². The zero-order chi connectivity index (χ0) is 20.0. The number of aliphatic hydroxyl groups excluding tert-OH is 1. The number of aromatic hydroxyl groups is 1. The predicted molar refractivity (Wildman–Crippen MR) is 115 cm³/mol. The van der Waals surface area contributed by atoms with Crippen LogP contribution in [0.3, 0.4) is 0 Å². The highest BCUT2D eigenvalue weighted by Gasteiger charge is 2.19. The van der Waals surface area contributed by atoms with Crippen LogP contribution in [0, 0.1) is 0 Å². The van der Waals surface area contributed by atoms with Crippen molar-refractivity contribution in [3.8, 4) is 11.5 Å². The fraction of sp³-hybridized carbons (Fsp3) is 0.440. The molecule has 2 N–H and O–H groups in total. The quantitative estimate of drug-likeness (QED) is 0.660. The number of benzene rings is 2. The van der Waals surface area contributed by atoms with E-state index in [1.807, 2.05) is 38.1 Å². The van der Waals surface area contributed by atoms with E-state index in [4.69, 9.17) is 4.74 Å². The number of aliphatic hydroxyl groups is 1. The molecule has 0 spiro atoms. The maximum absolute atomic E-state index is 9.72. The molecule has 0 heterocycles. The van der Waals surface area contributed by atoms with E-state index >= 15 is 0 Å². The molecule has 150 valence electrons. The van der Waals surface area contributed by atoms with E-state index in [2.05, 4.69) is 12.1 Å². The molecule has 1 saturated carbocycles. The van der Waals surface area contributed by atoms with E-state index in [9.17, 15) is 10.2 Å². The first kappa shape index (κ1) is 20.5. The first-order valence-electron chi connectivity index (χ1n) is 10.4. The zero-order valence-corrected chi connectivity index (χ0v) is 17.1. The highest BCUT2D eigenvalue weighted by atomic mass is 16.5. The summed E-state index contributed by atoms with van der Waals surface area (Å²) < 4.78 is 5.89.